The number of nitrogens with one attached hydrogen (secondary N) is 2. The number of fused-ring (bicyclic) bond motifs is 3. The highest BCUT2D eigenvalue weighted by Gasteiger charge is 2.35. The molecule has 0 saturated heterocycles. The minimum Gasteiger partial charge on any atom is -0.480 e. The first-order valence-corrected chi connectivity index (χ1v) is 11.7. The standard InChI is InChI=1S/C27H30N2O5/c1-2-9-24(26(31)32)28-25(30)21-14-7-8-15-23(21)29-27(33)34-16-22-19-12-5-3-10-17(19)18-11-4-6-13-20(18)22/h2-6,10-13,21-24H,1,7-9,14-16H2,(H,28,30)(H,29,33)(H,31,32)/t21-,23+,24?/m1/s1. The van der Waals surface area contributed by atoms with Crippen molar-refractivity contribution in [3.8, 4) is 11.1 Å². The number of aliphatic carboxylic acids is 1. The minimum atomic E-state index is -1.11. The number of ether oxygens (including phenoxy) is 1. The molecule has 2 aromatic rings. The summed E-state index contributed by atoms with van der Waals surface area (Å²) in [4.78, 5) is 36.9. The van der Waals surface area contributed by atoms with Gasteiger partial charge in [0, 0.05) is 12.0 Å². The van der Waals surface area contributed by atoms with Gasteiger partial charge in [0.25, 0.3) is 0 Å². The number of amides is 2. The summed E-state index contributed by atoms with van der Waals surface area (Å²) in [6.07, 6.45) is 3.99. The number of carbonyl (C=O) groups is 3. The lowest BCUT2D eigenvalue weighted by atomic mass is 9.83. The van der Waals surface area contributed by atoms with Gasteiger partial charge in [0.15, 0.2) is 0 Å². The third-order valence-corrected chi connectivity index (χ3v) is 6.77. The molecule has 0 heterocycles. The van der Waals surface area contributed by atoms with Crippen LogP contribution in [0, 0.1) is 5.92 Å². The fraction of sp³-hybridized carbons (Fsp3) is 0.370. The summed E-state index contributed by atoms with van der Waals surface area (Å²) in [6.45, 7) is 3.75. The van der Waals surface area contributed by atoms with E-state index in [0.29, 0.717) is 12.8 Å². The number of carboxylic acids is 1. The van der Waals surface area contributed by atoms with Crippen LogP contribution in [0.2, 0.25) is 0 Å². The Kier molecular flexibility index (Phi) is 7.30. The third kappa shape index (κ3) is 4.98. The maximum absolute atomic E-state index is 12.8. The van der Waals surface area contributed by atoms with Crippen molar-refractivity contribution >= 4 is 18.0 Å². The van der Waals surface area contributed by atoms with E-state index in [0.717, 1.165) is 35.1 Å². The molecule has 178 valence electrons. The van der Waals surface area contributed by atoms with E-state index in [9.17, 15) is 19.5 Å². The molecule has 7 heteroatoms. The monoisotopic (exact) mass is 462 g/mol. The zero-order valence-corrected chi connectivity index (χ0v) is 19.0. The average Bonchev–Trinajstić information content (AvgIpc) is 3.16. The molecular formula is C27H30N2O5. The van der Waals surface area contributed by atoms with Crippen LogP contribution in [0.1, 0.15) is 49.1 Å². The Morgan fingerprint density at radius 1 is 1.03 bits per heavy atom. The highest BCUT2D eigenvalue weighted by molar-refractivity contribution is 5.86. The predicted molar refractivity (Wildman–Crippen MR) is 128 cm³/mol. The van der Waals surface area contributed by atoms with Crippen molar-refractivity contribution in [1.29, 1.82) is 0 Å². The number of carbonyl (C=O) groups excluding carboxylic acids is 2. The van der Waals surface area contributed by atoms with Gasteiger partial charge in [0.05, 0.1) is 5.92 Å². The smallest absolute Gasteiger partial charge is 0.407 e. The maximum atomic E-state index is 12.8. The molecule has 0 aromatic heterocycles. The first-order valence-electron chi connectivity index (χ1n) is 11.7. The lowest BCUT2D eigenvalue weighted by Crippen LogP contribution is -2.51. The van der Waals surface area contributed by atoms with Gasteiger partial charge in [-0.05, 0) is 41.5 Å². The quantitative estimate of drug-likeness (QED) is 0.509. The summed E-state index contributed by atoms with van der Waals surface area (Å²) in [5.41, 5.74) is 4.58. The van der Waals surface area contributed by atoms with Crippen molar-refractivity contribution in [2.24, 2.45) is 5.92 Å². The van der Waals surface area contributed by atoms with Gasteiger partial charge in [-0.1, -0.05) is 67.4 Å². The Morgan fingerprint density at radius 2 is 1.65 bits per heavy atom. The molecule has 7 nitrogen and oxygen atoms in total. The van der Waals surface area contributed by atoms with Crippen LogP contribution >= 0.6 is 0 Å². The van der Waals surface area contributed by atoms with Crippen LogP contribution in [0.25, 0.3) is 11.1 Å². The number of hydrogen-bond acceptors (Lipinski definition) is 4. The zero-order chi connectivity index (χ0) is 24.1. The van der Waals surface area contributed by atoms with Gasteiger partial charge in [-0.2, -0.15) is 0 Å². The van der Waals surface area contributed by atoms with Gasteiger partial charge in [-0.25, -0.2) is 9.59 Å². The molecule has 1 fully saturated rings. The van der Waals surface area contributed by atoms with Crippen molar-refractivity contribution in [3.63, 3.8) is 0 Å². The van der Waals surface area contributed by atoms with E-state index in [1.165, 1.54) is 6.08 Å². The zero-order valence-electron chi connectivity index (χ0n) is 19.0. The highest BCUT2D eigenvalue weighted by Crippen LogP contribution is 2.44. The van der Waals surface area contributed by atoms with Gasteiger partial charge in [-0.15, -0.1) is 6.58 Å². The third-order valence-electron chi connectivity index (χ3n) is 6.77. The number of hydrogen-bond donors (Lipinski definition) is 3. The molecule has 2 aliphatic carbocycles. The summed E-state index contributed by atoms with van der Waals surface area (Å²) < 4.78 is 5.64. The fourth-order valence-corrected chi connectivity index (χ4v) is 5.08. The first kappa shape index (κ1) is 23.5. The van der Waals surface area contributed by atoms with Crippen molar-refractivity contribution in [2.75, 3.05) is 6.61 Å². The average molecular weight is 463 g/mol. The molecule has 3 N–H and O–H groups in total. The second-order valence-electron chi connectivity index (χ2n) is 8.89. The molecule has 1 saturated carbocycles. The second-order valence-corrected chi connectivity index (χ2v) is 8.89. The number of rotatable bonds is 8. The van der Waals surface area contributed by atoms with Crippen molar-refractivity contribution < 1.29 is 24.2 Å². The molecule has 4 rings (SSSR count). The largest absolute Gasteiger partial charge is 0.480 e. The van der Waals surface area contributed by atoms with E-state index < -0.39 is 30.1 Å². The first-order chi connectivity index (χ1) is 16.5. The fourth-order valence-electron chi connectivity index (χ4n) is 5.08. The lowest BCUT2D eigenvalue weighted by Gasteiger charge is -2.31. The van der Waals surface area contributed by atoms with E-state index in [4.69, 9.17) is 4.74 Å². The Labute approximate surface area is 199 Å². The Bertz CT molecular complexity index is 1040. The van der Waals surface area contributed by atoms with Crippen LogP contribution in [-0.4, -0.2) is 41.8 Å². The topological polar surface area (TPSA) is 105 Å². The van der Waals surface area contributed by atoms with Gasteiger partial charge in [0.1, 0.15) is 12.6 Å². The molecule has 1 unspecified atom stereocenters. The summed E-state index contributed by atoms with van der Waals surface area (Å²) in [5, 5.41) is 14.8. The molecule has 2 aliphatic rings. The molecule has 0 spiro atoms. The molecule has 0 radical (unpaired) electrons. The maximum Gasteiger partial charge on any atom is 0.407 e. The van der Waals surface area contributed by atoms with Crippen LogP contribution in [0.4, 0.5) is 4.79 Å². The number of carboxylic acid groups (broad SMARTS) is 1. The van der Waals surface area contributed by atoms with E-state index in [2.05, 4.69) is 41.5 Å². The molecule has 34 heavy (non-hydrogen) atoms. The molecule has 0 bridgehead atoms. The van der Waals surface area contributed by atoms with Crippen LogP contribution in [0.15, 0.2) is 61.2 Å². The van der Waals surface area contributed by atoms with E-state index in [-0.39, 0.29) is 24.9 Å². The molecule has 0 aliphatic heterocycles. The summed E-state index contributed by atoms with van der Waals surface area (Å²) in [5.74, 6) is -2.01. The van der Waals surface area contributed by atoms with Gasteiger partial charge >= 0.3 is 12.1 Å². The second kappa shape index (κ2) is 10.5. The molecule has 3 atom stereocenters. The van der Waals surface area contributed by atoms with Gasteiger partial charge in [-0.3, -0.25) is 4.79 Å². The molecular weight excluding hydrogens is 432 g/mol. The van der Waals surface area contributed by atoms with E-state index >= 15 is 0 Å². The molecule has 2 amide bonds. The van der Waals surface area contributed by atoms with Crippen LogP contribution in [0.3, 0.4) is 0 Å². The number of alkyl carbamates (subject to hydrolysis) is 1. The minimum absolute atomic E-state index is 0.0428. The Hall–Kier alpha value is -3.61. The van der Waals surface area contributed by atoms with Crippen molar-refractivity contribution in [3.05, 3.63) is 72.3 Å². The predicted octanol–water partition coefficient (Wildman–Crippen LogP) is 4.23. The van der Waals surface area contributed by atoms with E-state index in [1.807, 2.05) is 24.3 Å². The van der Waals surface area contributed by atoms with Crippen LogP contribution < -0.4 is 10.6 Å². The Balaban J connectivity index is 1.39. The van der Waals surface area contributed by atoms with E-state index in [1.54, 1.807) is 0 Å². The summed E-state index contributed by atoms with van der Waals surface area (Å²) >= 11 is 0. The van der Waals surface area contributed by atoms with Gasteiger partial charge in [0.2, 0.25) is 5.91 Å². The van der Waals surface area contributed by atoms with Gasteiger partial charge < -0.3 is 20.5 Å². The lowest BCUT2D eigenvalue weighted by molar-refractivity contribution is -0.142. The summed E-state index contributed by atoms with van der Waals surface area (Å²) in [7, 11) is 0. The SMILES string of the molecule is C=CCC(NC(=O)[C@@H]1CCCC[C@@H]1NC(=O)OCC1c2ccccc2-c2ccccc21)C(=O)O. The Morgan fingerprint density at radius 3 is 2.26 bits per heavy atom. The summed E-state index contributed by atoms with van der Waals surface area (Å²) in [6, 6.07) is 14.8. The normalized spacial score (nSPS) is 19.9. The van der Waals surface area contributed by atoms with Crippen molar-refractivity contribution in [1.82, 2.24) is 10.6 Å². The number of benzene rings is 2. The highest BCUT2D eigenvalue weighted by atomic mass is 16.5. The molecule has 2 aromatic carbocycles. The van der Waals surface area contributed by atoms with Crippen LogP contribution in [-0.2, 0) is 14.3 Å². The van der Waals surface area contributed by atoms with Crippen LogP contribution in [0.5, 0.6) is 0 Å². The van der Waals surface area contributed by atoms with Crippen molar-refractivity contribution in [2.45, 2.75) is 50.1 Å².